The van der Waals surface area contributed by atoms with Crippen molar-refractivity contribution < 1.29 is 0 Å². The van der Waals surface area contributed by atoms with Gasteiger partial charge in [0.05, 0.1) is 0 Å². The van der Waals surface area contributed by atoms with Gasteiger partial charge in [0.1, 0.15) is 0 Å². The smallest absolute Gasteiger partial charge is 0.0413 e. The van der Waals surface area contributed by atoms with E-state index in [-0.39, 0.29) is 0 Å². The molecule has 1 unspecified atom stereocenters. The molecular weight excluding hydrogens is 254 g/mol. The van der Waals surface area contributed by atoms with Crippen LogP contribution in [0.5, 0.6) is 0 Å². The van der Waals surface area contributed by atoms with Crippen LogP contribution in [-0.2, 0) is 0 Å². The highest BCUT2D eigenvalue weighted by molar-refractivity contribution is 5.63. The van der Waals surface area contributed by atoms with Gasteiger partial charge in [-0.1, -0.05) is 69.5 Å². The van der Waals surface area contributed by atoms with Crippen LogP contribution in [0.2, 0.25) is 0 Å². The maximum atomic E-state index is 2.53. The maximum Gasteiger partial charge on any atom is 0.0413 e. The van der Waals surface area contributed by atoms with Gasteiger partial charge in [-0.3, -0.25) is 0 Å². The number of anilines is 2. The number of nitrogens with zero attached hydrogens (tertiary/aromatic N) is 1. The van der Waals surface area contributed by atoms with Crippen molar-refractivity contribution in [1.29, 1.82) is 0 Å². The minimum absolute atomic E-state index is 0.583. The van der Waals surface area contributed by atoms with Gasteiger partial charge in [0.15, 0.2) is 0 Å². The lowest BCUT2D eigenvalue weighted by atomic mass is 10.0. The Labute approximate surface area is 129 Å². The van der Waals surface area contributed by atoms with Crippen molar-refractivity contribution in [2.75, 3.05) is 4.90 Å². The summed E-state index contributed by atoms with van der Waals surface area (Å²) in [6.45, 7) is 4.56. The highest BCUT2D eigenvalue weighted by Crippen LogP contribution is 2.31. The second-order valence-corrected chi connectivity index (χ2v) is 5.63. The van der Waals surface area contributed by atoms with Gasteiger partial charge < -0.3 is 4.90 Å². The number of benzene rings is 2. The Morgan fingerprint density at radius 1 is 0.714 bits per heavy atom. The Kier molecular flexibility index (Phi) is 6.33. The highest BCUT2D eigenvalue weighted by atomic mass is 15.2. The van der Waals surface area contributed by atoms with E-state index < -0.39 is 0 Å². The summed E-state index contributed by atoms with van der Waals surface area (Å²) in [6.07, 6.45) is 6.28. The van der Waals surface area contributed by atoms with E-state index in [9.17, 15) is 0 Å². The second-order valence-electron chi connectivity index (χ2n) is 5.63. The largest absolute Gasteiger partial charge is 0.338 e. The van der Waals surface area contributed by atoms with Gasteiger partial charge in [-0.25, -0.2) is 0 Å². The minimum Gasteiger partial charge on any atom is -0.338 e. The maximum absolute atomic E-state index is 2.53. The fourth-order valence-corrected chi connectivity index (χ4v) is 2.92. The fourth-order valence-electron chi connectivity index (χ4n) is 2.92. The van der Waals surface area contributed by atoms with E-state index in [0.717, 1.165) is 0 Å². The molecule has 0 radical (unpaired) electrons. The van der Waals surface area contributed by atoms with E-state index in [2.05, 4.69) is 79.4 Å². The monoisotopic (exact) mass is 281 g/mol. The molecule has 0 amide bonds. The normalized spacial score (nSPS) is 12.1. The van der Waals surface area contributed by atoms with Crippen molar-refractivity contribution in [2.24, 2.45) is 0 Å². The number of para-hydroxylation sites is 2. The first-order chi connectivity index (χ1) is 10.4. The molecule has 0 saturated heterocycles. The molecule has 0 aliphatic heterocycles. The van der Waals surface area contributed by atoms with Crippen LogP contribution in [0.3, 0.4) is 0 Å². The molecule has 0 fully saturated rings. The molecule has 0 aromatic heterocycles. The summed E-state index contributed by atoms with van der Waals surface area (Å²) in [6, 6.07) is 22.2. The third-order valence-electron chi connectivity index (χ3n) is 3.95. The molecule has 2 rings (SSSR count). The quantitative estimate of drug-likeness (QED) is 0.558. The lowest BCUT2D eigenvalue weighted by Crippen LogP contribution is -2.31. The van der Waals surface area contributed by atoms with Crippen molar-refractivity contribution in [3.05, 3.63) is 60.7 Å². The molecule has 0 bridgehead atoms. The third-order valence-corrected chi connectivity index (χ3v) is 3.95. The summed E-state index contributed by atoms with van der Waals surface area (Å²) < 4.78 is 0. The number of unbranched alkanes of at least 4 members (excludes halogenated alkanes) is 1. The van der Waals surface area contributed by atoms with E-state index >= 15 is 0 Å². The van der Waals surface area contributed by atoms with Gasteiger partial charge >= 0.3 is 0 Å². The van der Waals surface area contributed by atoms with Crippen LogP contribution < -0.4 is 4.90 Å². The van der Waals surface area contributed by atoms with E-state index in [0.29, 0.717) is 6.04 Å². The van der Waals surface area contributed by atoms with Gasteiger partial charge in [0.2, 0.25) is 0 Å². The lowest BCUT2D eigenvalue weighted by molar-refractivity contribution is 0.525. The van der Waals surface area contributed by atoms with Crippen LogP contribution in [-0.4, -0.2) is 6.04 Å². The Balaban J connectivity index is 2.34. The summed E-state index contributed by atoms with van der Waals surface area (Å²) >= 11 is 0. The molecule has 1 atom stereocenters. The first kappa shape index (κ1) is 15.6. The topological polar surface area (TPSA) is 3.24 Å². The van der Waals surface area contributed by atoms with Crippen molar-refractivity contribution >= 4 is 11.4 Å². The molecule has 0 spiro atoms. The van der Waals surface area contributed by atoms with E-state index in [1.54, 1.807) is 0 Å². The molecule has 0 aliphatic rings. The summed E-state index contributed by atoms with van der Waals surface area (Å²) in [4.78, 5) is 2.53. The number of hydrogen-bond acceptors (Lipinski definition) is 1. The standard InChI is InChI=1S/C20H27N/c1-3-5-13-18(12-4-2)21(19-14-8-6-9-15-19)20-16-10-7-11-17-20/h6-11,14-18H,3-5,12-13H2,1-2H3. The van der Waals surface area contributed by atoms with Gasteiger partial charge in [-0.05, 0) is 37.1 Å². The second kappa shape index (κ2) is 8.51. The molecule has 0 aliphatic carbocycles. The van der Waals surface area contributed by atoms with Crippen LogP contribution >= 0.6 is 0 Å². The SMILES string of the molecule is CCCCC(CCC)N(c1ccccc1)c1ccccc1. The van der Waals surface area contributed by atoms with Crippen LogP contribution in [0.25, 0.3) is 0 Å². The molecule has 1 heteroatoms. The van der Waals surface area contributed by atoms with Crippen LogP contribution in [0, 0.1) is 0 Å². The zero-order valence-corrected chi connectivity index (χ0v) is 13.3. The number of rotatable bonds is 8. The zero-order chi connectivity index (χ0) is 14.9. The first-order valence-corrected chi connectivity index (χ1v) is 8.26. The molecule has 112 valence electrons. The van der Waals surface area contributed by atoms with Crippen LogP contribution in [0.1, 0.15) is 46.0 Å². The first-order valence-electron chi connectivity index (χ1n) is 8.26. The molecule has 0 heterocycles. The molecule has 21 heavy (non-hydrogen) atoms. The fraction of sp³-hybridized carbons (Fsp3) is 0.400. The number of hydrogen-bond donors (Lipinski definition) is 0. The average Bonchev–Trinajstić information content (AvgIpc) is 2.55. The zero-order valence-electron chi connectivity index (χ0n) is 13.3. The lowest BCUT2D eigenvalue weighted by Gasteiger charge is -2.34. The summed E-state index contributed by atoms with van der Waals surface area (Å²) in [7, 11) is 0. The predicted octanol–water partition coefficient (Wildman–Crippen LogP) is 6.18. The molecular formula is C20H27N. The molecule has 2 aromatic rings. The van der Waals surface area contributed by atoms with Crippen molar-refractivity contribution in [3.63, 3.8) is 0 Å². The van der Waals surface area contributed by atoms with Crippen molar-refractivity contribution in [2.45, 2.75) is 52.0 Å². The minimum atomic E-state index is 0.583. The Morgan fingerprint density at radius 3 is 1.67 bits per heavy atom. The van der Waals surface area contributed by atoms with Crippen LogP contribution in [0.4, 0.5) is 11.4 Å². The predicted molar refractivity (Wildman–Crippen MR) is 93.2 cm³/mol. The van der Waals surface area contributed by atoms with E-state index in [1.807, 2.05) is 0 Å². The highest BCUT2D eigenvalue weighted by Gasteiger charge is 2.19. The van der Waals surface area contributed by atoms with Gasteiger partial charge in [0.25, 0.3) is 0 Å². The summed E-state index contributed by atoms with van der Waals surface area (Å²) in [5, 5.41) is 0. The molecule has 2 aromatic carbocycles. The Hall–Kier alpha value is -1.76. The van der Waals surface area contributed by atoms with Crippen molar-refractivity contribution in [3.8, 4) is 0 Å². The molecule has 0 saturated carbocycles. The molecule has 0 N–H and O–H groups in total. The summed E-state index contributed by atoms with van der Waals surface area (Å²) in [5.74, 6) is 0. The average molecular weight is 281 g/mol. The van der Waals surface area contributed by atoms with Gasteiger partial charge in [-0.2, -0.15) is 0 Å². The van der Waals surface area contributed by atoms with Crippen LogP contribution in [0.15, 0.2) is 60.7 Å². The van der Waals surface area contributed by atoms with E-state index in [4.69, 9.17) is 0 Å². The third kappa shape index (κ3) is 4.35. The summed E-state index contributed by atoms with van der Waals surface area (Å²) in [5.41, 5.74) is 2.61. The Bertz CT molecular complexity index is 452. The van der Waals surface area contributed by atoms with E-state index in [1.165, 1.54) is 43.5 Å². The van der Waals surface area contributed by atoms with Gasteiger partial charge in [0, 0.05) is 17.4 Å². The molecule has 1 nitrogen and oxygen atoms in total. The van der Waals surface area contributed by atoms with Gasteiger partial charge in [-0.15, -0.1) is 0 Å². The van der Waals surface area contributed by atoms with Crippen molar-refractivity contribution in [1.82, 2.24) is 0 Å². The Morgan fingerprint density at radius 2 is 1.24 bits per heavy atom.